The van der Waals surface area contributed by atoms with Crippen molar-refractivity contribution in [2.75, 3.05) is 5.33 Å². The van der Waals surface area contributed by atoms with Gasteiger partial charge < -0.3 is 0 Å². The van der Waals surface area contributed by atoms with Crippen molar-refractivity contribution >= 4 is 15.9 Å². The summed E-state index contributed by atoms with van der Waals surface area (Å²) in [5, 5.41) is 1.00. The predicted molar refractivity (Wildman–Crippen MR) is 41.1 cm³/mol. The monoisotopic (exact) mass is 174 g/mol. The molecule has 0 spiro atoms. The van der Waals surface area contributed by atoms with Crippen LogP contribution in [0, 0.1) is 11.8 Å². The second-order valence-corrected chi connectivity index (χ2v) is 2.34. The van der Waals surface area contributed by atoms with Crippen molar-refractivity contribution in [1.29, 1.82) is 0 Å². The second-order valence-electron chi connectivity index (χ2n) is 1.54. The molecule has 0 aliphatic heterocycles. The molecule has 0 fully saturated rings. The van der Waals surface area contributed by atoms with E-state index in [1.54, 1.807) is 0 Å². The Labute approximate surface area is 59.8 Å². The molecule has 0 aromatic carbocycles. The summed E-state index contributed by atoms with van der Waals surface area (Å²) in [5.74, 6) is 6.10. The van der Waals surface area contributed by atoms with Gasteiger partial charge in [0.2, 0.25) is 0 Å². The van der Waals surface area contributed by atoms with E-state index < -0.39 is 0 Å². The number of rotatable bonds is 2. The van der Waals surface area contributed by atoms with Gasteiger partial charge in [-0.25, -0.2) is 0 Å². The van der Waals surface area contributed by atoms with Gasteiger partial charge in [0.15, 0.2) is 0 Å². The Morgan fingerprint density at radius 3 is 2.38 bits per heavy atom. The number of unbranched alkanes of at least 4 members (excludes halogenated alkanes) is 1. The fourth-order valence-electron chi connectivity index (χ4n) is 0.349. The summed E-state index contributed by atoms with van der Waals surface area (Å²) < 4.78 is 0. The van der Waals surface area contributed by atoms with Gasteiger partial charge in [-0.05, 0) is 6.42 Å². The van der Waals surface area contributed by atoms with Crippen LogP contribution in [0.4, 0.5) is 0 Å². The third kappa shape index (κ3) is 6.04. The molecule has 0 N–H and O–H groups in total. The Morgan fingerprint density at radius 1 is 1.25 bits per heavy atom. The predicted octanol–water partition coefficient (Wildman–Crippen LogP) is 2.57. The largest absolute Gasteiger partial charge is 0.103 e. The second kappa shape index (κ2) is 7.04. The van der Waals surface area contributed by atoms with Crippen LogP contribution in [0.5, 0.6) is 0 Å². The first-order valence-electron chi connectivity index (χ1n) is 2.93. The fraction of sp³-hybridized carbons (Fsp3) is 0.714. The molecular weight excluding hydrogens is 164 g/mol. The molecule has 8 heavy (non-hydrogen) atoms. The van der Waals surface area contributed by atoms with E-state index in [-0.39, 0.29) is 0 Å². The first-order valence-corrected chi connectivity index (χ1v) is 4.05. The van der Waals surface area contributed by atoms with Gasteiger partial charge in [-0.2, -0.15) is 0 Å². The lowest BCUT2D eigenvalue weighted by Gasteiger charge is -1.77. The topological polar surface area (TPSA) is 0 Å². The van der Waals surface area contributed by atoms with Gasteiger partial charge in [-0.3, -0.25) is 0 Å². The van der Waals surface area contributed by atoms with Crippen LogP contribution in [0.2, 0.25) is 0 Å². The highest BCUT2D eigenvalue weighted by Crippen LogP contribution is 1.86. The van der Waals surface area contributed by atoms with Crippen molar-refractivity contribution in [3.05, 3.63) is 0 Å². The maximum absolute atomic E-state index is 3.30. The van der Waals surface area contributed by atoms with Crippen LogP contribution in [0.1, 0.15) is 26.2 Å². The summed E-state index contributed by atoms with van der Waals surface area (Å²) in [6.45, 7) is 2.14. The summed E-state index contributed by atoms with van der Waals surface area (Å²) in [7, 11) is 0. The van der Waals surface area contributed by atoms with E-state index in [0.29, 0.717) is 0 Å². The van der Waals surface area contributed by atoms with Crippen molar-refractivity contribution < 1.29 is 0 Å². The Balaban J connectivity index is 2.95. The molecular formula is C7H11Br. The molecule has 0 saturated carbocycles. The number of hydrogen-bond acceptors (Lipinski definition) is 0. The average Bonchev–Trinajstić information content (AvgIpc) is 1.81. The minimum absolute atomic E-state index is 0.986. The van der Waals surface area contributed by atoms with Gasteiger partial charge in [-0.15, -0.1) is 11.8 Å². The van der Waals surface area contributed by atoms with Gasteiger partial charge in [0.25, 0.3) is 0 Å². The van der Waals surface area contributed by atoms with Crippen LogP contribution in [0.25, 0.3) is 0 Å². The van der Waals surface area contributed by atoms with E-state index in [1.807, 2.05) is 0 Å². The molecule has 0 amide bonds. The lowest BCUT2D eigenvalue weighted by Crippen LogP contribution is -1.66. The minimum atomic E-state index is 0.986. The third-order valence-electron chi connectivity index (χ3n) is 0.719. The third-order valence-corrected chi connectivity index (χ3v) is 1.12. The van der Waals surface area contributed by atoms with Crippen LogP contribution in [0.15, 0.2) is 0 Å². The molecule has 0 aliphatic carbocycles. The maximum atomic E-state index is 3.30. The zero-order chi connectivity index (χ0) is 6.24. The zero-order valence-corrected chi connectivity index (χ0v) is 6.79. The van der Waals surface area contributed by atoms with E-state index in [9.17, 15) is 0 Å². The van der Waals surface area contributed by atoms with E-state index in [2.05, 4.69) is 34.7 Å². The summed E-state index contributed by atoms with van der Waals surface area (Å²) >= 11 is 3.30. The van der Waals surface area contributed by atoms with E-state index in [0.717, 1.165) is 18.2 Å². The van der Waals surface area contributed by atoms with Gasteiger partial charge in [0.05, 0.1) is 0 Å². The van der Waals surface area contributed by atoms with Crippen molar-refractivity contribution in [3.8, 4) is 11.8 Å². The first-order chi connectivity index (χ1) is 3.91. The standard InChI is InChI=1S/C7H11Br/c1-2-3-4-5-6-7-8/h2-3,6-7H2,1H3. The molecule has 0 atom stereocenters. The van der Waals surface area contributed by atoms with Crippen molar-refractivity contribution in [1.82, 2.24) is 0 Å². The normalized spacial score (nSPS) is 7.75. The van der Waals surface area contributed by atoms with Crippen molar-refractivity contribution in [3.63, 3.8) is 0 Å². The molecule has 0 aliphatic rings. The lowest BCUT2D eigenvalue weighted by molar-refractivity contribution is 0.981. The van der Waals surface area contributed by atoms with E-state index >= 15 is 0 Å². The van der Waals surface area contributed by atoms with Crippen LogP contribution in [0.3, 0.4) is 0 Å². The Morgan fingerprint density at radius 2 is 1.88 bits per heavy atom. The molecule has 0 saturated heterocycles. The molecule has 0 radical (unpaired) electrons. The number of hydrogen-bond donors (Lipinski definition) is 0. The van der Waals surface area contributed by atoms with Crippen LogP contribution >= 0.6 is 15.9 Å². The Bertz CT molecular complexity index is 76.3. The van der Waals surface area contributed by atoms with E-state index in [4.69, 9.17) is 0 Å². The Kier molecular flexibility index (Phi) is 7.08. The molecule has 0 bridgehead atoms. The van der Waals surface area contributed by atoms with Crippen LogP contribution in [-0.4, -0.2) is 5.33 Å². The molecule has 0 unspecified atom stereocenters. The van der Waals surface area contributed by atoms with Crippen LogP contribution in [-0.2, 0) is 0 Å². The Hall–Kier alpha value is 0.0400. The van der Waals surface area contributed by atoms with Crippen molar-refractivity contribution in [2.45, 2.75) is 26.2 Å². The smallest absolute Gasteiger partial charge is 0.0186 e. The van der Waals surface area contributed by atoms with Gasteiger partial charge in [-0.1, -0.05) is 22.9 Å². The molecule has 0 aromatic heterocycles. The molecule has 1 heteroatoms. The minimum Gasteiger partial charge on any atom is -0.103 e. The number of halogens is 1. The van der Waals surface area contributed by atoms with Gasteiger partial charge in [0.1, 0.15) is 0 Å². The molecule has 46 valence electrons. The lowest BCUT2D eigenvalue weighted by atomic mass is 10.3. The quantitative estimate of drug-likeness (QED) is 0.447. The average molecular weight is 175 g/mol. The molecule has 0 rings (SSSR count). The zero-order valence-electron chi connectivity index (χ0n) is 5.21. The van der Waals surface area contributed by atoms with Gasteiger partial charge in [0, 0.05) is 18.2 Å². The first kappa shape index (κ1) is 8.04. The molecule has 0 aromatic rings. The highest BCUT2D eigenvalue weighted by atomic mass is 79.9. The number of alkyl halides is 1. The van der Waals surface area contributed by atoms with Gasteiger partial charge >= 0.3 is 0 Å². The summed E-state index contributed by atoms with van der Waals surface area (Å²) in [6.07, 6.45) is 3.21. The van der Waals surface area contributed by atoms with E-state index in [1.165, 1.54) is 6.42 Å². The fourth-order valence-corrected chi connectivity index (χ4v) is 0.547. The molecule has 0 nitrogen and oxygen atoms in total. The van der Waals surface area contributed by atoms with Crippen LogP contribution < -0.4 is 0 Å². The summed E-state index contributed by atoms with van der Waals surface area (Å²) in [6, 6.07) is 0. The highest BCUT2D eigenvalue weighted by Gasteiger charge is 1.70. The SMILES string of the molecule is CCCC#CCCBr. The molecule has 0 heterocycles. The summed E-state index contributed by atoms with van der Waals surface area (Å²) in [4.78, 5) is 0. The van der Waals surface area contributed by atoms with Crippen molar-refractivity contribution in [2.24, 2.45) is 0 Å². The highest BCUT2D eigenvalue weighted by molar-refractivity contribution is 9.09. The summed E-state index contributed by atoms with van der Waals surface area (Å²) in [5.41, 5.74) is 0. The maximum Gasteiger partial charge on any atom is 0.0186 e.